The van der Waals surface area contributed by atoms with Crippen LogP contribution >= 0.6 is 0 Å². The Morgan fingerprint density at radius 1 is 1.33 bits per heavy atom. The number of nitrogens with zero attached hydrogens (tertiary/aromatic N) is 1. The zero-order chi connectivity index (χ0) is 11.7. The average Bonchev–Trinajstić information content (AvgIpc) is 2.15. The van der Waals surface area contributed by atoms with Crippen LogP contribution in [0.25, 0.3) is 0 Å². The average molecular weight is 210 g/mol. The predicted molar refractivity (Wildman–Crippen MR) is 67.9 cm³/mol. The molecule has 0 heterocycles. The van der Waals surface area contributed by atoms with Crippen LogP contribution in [-0.4, -0.2) is 37.6 Å². The molecular formula is C13H26N2. The van der Waals surface area contributed by atoms with Crippen LogP contribution in [0, 0.1) is 17.8 Å². The molecule has 0 rings (SSSR count). The summed E-state index contributed by atoms with van der Waals surface area (Å²) < 4.78 is 0. The van der Waals surface area contributed by atoms with Crippen LogP contribution in [-0.2, 0) is 0 Å². The Morgan fingerprint density at radius 2 is 2.00 bits per heavy atom. The Hall–Kier alpha value is -0.520. The van der Waals surface area contributed by atoms with Gasteiger partial charge in [0.15, 0.2) is 0 Å². The van der Waals surface area contributed by atoms with E-state index < -0.39 is 0 Å². The molecule has 15 heavy (non-hydrogen) atoms. The summed E-state index contributed by atoms with van der Waals surface area (Å²) in [7, 11) is 0. The molecule has 0 radical (unpaired) electrons. The fraction of sp³-hybridized carbons (Fsp3) is 0.846. The van der Waals surface area contributed by atoms with Crippen LogP contribution in [0.15, 0.2) is 0 Å². The van der Waals surface area contributed by atoms with E-state index >= 15 is 0 Å². The van der Waals surface area contributed by atoms with Gasteiger partial charge in [-0.15, -0.1) is 6.42 Å². The lowest BCUT2D eigenvalue weighted by Gasteiger charge is -2.31. The molecule has 0 aliphatic heterocycles. The maximum absolute atomic E-state index is 5.37. The first-order valence-corrected chi connectivity index (χ1v) is 5.92. The summed E-state index contributed by atoms with van der Waals surface area (Å²) in [4.78, 5) is 2.36. The Bertz CT molecular complexity index is 191. The van der Waals surface area contributed by atoms with Crippen LogP contribution in [0.1, 0.15) is 34.1 Å². The van der Waals surface area contributed by atoms with Gasteiger partial charge in [-0.05, 0) is 24.9 Å². The van der Waals surface area contributed by atoms with Gasteiger partial charge in [0.05, 0.1) is 6.54 Å². The second-order valence-corrected chi connectivity index (χ2v) is 4.86. The van der Waals surface area contributed by atoms with Gasteiger partial charge >= 0.3 is 0 Å². The second kappa shape index (κ2) is 7.73. The maximum atomic E-state index is 5.37. The molecule has 2 nitrogen and oxygen atoms in total. The molecule has 1 N–H and O–H groups in total. The molecule has 0 aliphatic carbocycles. The summed E-state index contributed by atoms with van der Waals surface area (Å²) in [5, 5.41) is 3.40. The summed E-state index contributed by atoms with van der Waals surface area (Å²) in [5.74, 6) is 2.74. The monoisotopic (exact) mass is 210 g/mol. The quantitative estimate of drug-likeness (QED) is 0.616. The van der Waals surface area contributed by atoms with Crippen molar-refractivity contribution < 1.29 is 0 Å². The van der Waals surface area contributed by atoms with Crippen molar-refractivity contribution in [3.63, 3.8) is 0 Å². The lowest BCUT2D eigenvalue weighted by molar-refractivity contribution is 0.191. The Morgan fingerprint density at radius 3 is 2.47 bits per heavy atom. The SMILES string of the molecule is C#CCN(CCC)CC(C)(C)CNCC. The summed E-state index contributed by atoms with van der Waals surface area (Å²) in [6.45, 7) is 13.9. The van der Waals surface area contributed by atoms with Crippen molar-refractivity contribution in [3.8, 4) is 12.3 Å². The molecule has 0 aromatic carbocycles. The fourth-order valence-corrected chi connectivity index (χ4v) is 1.78. The highest BCUT2D eigenvalue weighted by molar-refractivity contribution is 4.89. The van der Waals surface area contributed by atoms with Crippen molar-refractivity contribution >= 4 is 0 Å². The highest BCUT2D eigenvalue weighted by Gasteiger charge is 2.20. The van der Waals surface area contributed by atoms with Crippen LogP contribution in [0.5, 0.6) is 0 Å². The smallest absolute Gasteiger partial charge is 0.0599 e. The summed E-state index contributed by atoms with van der Waals surface area (Å²) in [6.07, 6.45) is 6.54. The molecule has 0 spiro atoms. The maximum Gasteiger partial charge on any atom is 0.0599 e. The van der Waals surface area contributed by atoms with Gasteiger partial charge in [-0.2, -0.15) is 0 Å². The molecule has 0 atom stereocenters. The molecule has 2 heteroatoms. The summed E-state index contributed by atoms with van der Waals surface area (Å²) >= 11 is 0. The molecule has 0 aliphatic rings. The lowest BCUT2D eigenvalue weighted by atomic mass is 9.92. The van der Waals surface area contributed by atoms with Gasteiger partial charge in [0.2, 0.25) is 0 Å². The molecule has 0 bridgehead atoms. The van der Waals surface area contributed by atoms with Crippen LogP contribution in [0.2, 0.25) is 0 Å². The van der Waals surface area contributed by atoms with E-state index in [4.69, 9.17) is 6.42 Å². The summed E-state index contributed by atoms with van der Waals surface area (Å²) in [5.41, 5.74) is 0.294. The van der Waals surface area contributed by atoms with Crippen molar-refractivity contribution in [2.24, 2.45) is 5.41 Å². The first kappa shape index (κ1) is 14.5. The molecule has 0 aromatic rings. The minimum absolute atomic E-state index is 0.294. The van der Waals surface area contributed by atoms with Crippen molar-refractivity contribution in [1.82, 2.24) is 10.2 Å². The molecule has 0 amide bonds. The Labute approximate surface area is 95.4 Å². The van der Waals surface area contributed by atoms with Crippen LogP contribution < -0.4 is 5.32 Å². The van der Waals surface area contributed by atoms with Gasteiger partial charge < -0.3 is 5.32 Å². The largest absolute Gasteiger partial charge is 0.316 e. The third-order valence-electron chi connectivity index (χ3n) is 2.36. The number of nitrogens with one attached hydrogen (secondary N) is 1. The van der Waals surface area contributed by atoms with Gasteiger partial charge in [0.1, 0.15) is 0 Å². The molecule has 0 fully saturated rings. The summed E-state index contributed by atoms with van der Waals surface area (Å²) in [6, 6.07) is 0. The third-order valence-corrected chi connectivity index (χ3v) is 2.36. The molecule has 88 valence electrons. The van der Waals surface area contributed by atoms with E-state index in [2.05, 4.69) is 43.8 Å². The second-order valence-electron chi connectivity index (χ2n) is 4.86. The molecule has 0 saturated carbocycles. The molecule has 0 unspecified atom stereocenters. The van der Waals surface area contributed by atoms with Gasteiger partial charge in [-0.3, -0.25) is 4.90 Å². The van der Waals surface area contributed by atoms with Crippen LogP contribution in [0.4, 0.5) is 0 Å². The predicted octanol–water partition coefficient (Wildman–Crippen LogP) is 1.97. The normalized spacial score (nSPS) is 11.7. The number of terminal acetylenes is 1. The standard InChI is InChI=1S/C13H26N2/c1-6-9-15(10-7-2)12-13(4,5)11-14-8-3/h1,14H,7-12H2,2-5H3. The Kier molecular flexibility index (Phi) is 7.46. The van der Waals surface area contributed by atoms with E-state index in [1.165, 1.54) is 6.42 Å². The Balaban J connectivity index is 4.06. The highest BCUT2D eigenvalue weighted by Crippen LogP contribution is 2.15. The van der Waals surface area contributed by atoms with Gasteiger partial charge in [-0.1, -0.05) is 33.6 Å². The first-order chi connectivity index (χ1) is 7.05. The minimum atomic E-state index is 0.294. The van der Waals surface area contributed by atoms with E-state index in [0.29, 0.717) is 5.41 Å². The molecule has 0 aromatic heterocycles. The van der Waals surface area contributed by atoms with E-state index in [1.807, 2.05) is 0 Å². The topological polar surface area (TPSA) is 15.3 Å². The van der Waals surface area contributed by atoms with Crippen molar-refractivity contribution in [2.75, 3.05) is 32.7 Å². The number of hydrogen-bond acceptors (Lipinski definition) is 2. The van der Waals surface area contributed by atoms with Crippen molar-refractivity contribution in [1.29, 1.82) is 0 Å². The van der Waals surface area contributed by atoms with E-state index in [-0.39, 0.29) is 0 Å². The van der Waals surface area contributed by atoms with Crippen LogP contribution in [0.3, 0.4) is 0 Å². The number of rotatable bonds is 8. The van der Waals surface area contributed by atoms with E-state index in [1.54, 1.807) is 0 Å². The highest BCUT2D eigenvalue weighted by atomic mass is 15.1. The molecular weight excluding hydrogens is 184 g/mol. The third kappa shape index (κ3) is 7.41. The van der Waals surface area contributed by atoms with Gasteiger partial charge in [0.25, 0.3) is 0 Å². The van der Waals surface area contributed by atoms with Gasteiger partial charge in [-0.25, -0.2) is 0 Å². The minimum Gasteiger partial charge on any atom is -0.316 e. The van der Waals surface area contributed by atoms with Crippen molar-refractivity contribution in [2.45, 2.75) is 34.1 Å². The fourth-order valence-electron chi connectivity index (χ4n) is 1.78. The van der Waals surface area contributed by atoms with Crippen molar-refractivity contribution in [3.05, 3.63) is 0 Å². The first-order valence-electron chi connectivity index (χ1n) is 5.92. The number of hydrogen-bond donors (Lipinski definition) is 1. The zero-order valence-electron chi connectivity index (χ0n) is 10.8. The van der Waals surface area contributed by atoms with E-state index in [9.17, 15) is 0 Å². The zero-order valence-corrected chi connectivity index (χ0v) is 10.8. The van der Waals surface area contributed by atoms with E-state index in [0.717, 1.165) is 32.7 Å². The van der Waals surface area contributed by atoms with Gasteiger partial charge in [0, 0.05) is 13.1 Å². The lowest BCUT2D eigenvalue weighted by Crippen LogP contribution is -2.41. The molecule has 0 saturated heterocycles.